The Morgan fingerprint density at radius 2 is 1.77 bits per heavy atom. The van der Waals surface area contributed by atoms with Gasteiger partial charge in [-0.15, -0.1) is 0 Å². The minimum Gasteiger partial charge on any atom is -0.444 e. The quantitative estimate of drug-likeness (QED) is 0.696. The third-order valence-electron chi connectivity index (χ3n) is 4.84. The highest BCUT2D eigenvalue weighted by atomic mass is 16.3. The van der Waals surface area contributed by atoms with Crippen molar-refractivity contribution >= 4 is 17.3 Å². The van der Waals surface area contributed by atoms with Crippen LogP contribution in [0.5, 0.6) is 0 Å². The van der Waals surface area contributed by atoms with Crippen LogP contribution in [0.1, 0.15) is 23.8 Å². The summed E-state index contributed by atoms with van der Waals surface area (Å²) in [5.74, 6) is 0.327. The third kappa shape index (κ3) is 2.86. The van der Waals surface area contributed by atoms with Crippen LogP contribution in [0.3, 0.4) is 0 Å². The number of hydrogen-bond acceptors (Lipinski definition) is 4. The summed E-state index contributed by atoms with van der Waals surface area (Å²) in [5.41, 5.74) is 3.15. The van der Waals surface area contributed by atoms with Crippen LogP contribution >= 0.6 is 0 Å². The van der Waals surface area contributed by atoms with Gasteiger partial charge in [-0.2, -0.15) is 0 Å². The Morgan fingerprint density at radius 3 is 2.54 bits per heavy atom. The van der Waals surface area contributed by atoms with Crippen LogP contribution in [0.25, 0.3) is 11.5 Å². The minimum absolute atomic E-state index is 0.0745. The monoisotopic (exact) mass is 347 g/mol. The van der Waals surface area contributed by atoms with E-state index in [4.69, 9.17) is 4.42 Å². The first-order valence-electron chi connectivity index (χ1n) is 8.80. The highest BCUT2D eigenvalue weighted by Gasteiger charge is 2.30. The van der Waals surface area contributed by atoms with Crippen molar-refractivity contribution in [1.29, 1.82) is 0 Å². The topological polar surface area (TPSA) is 49.6 Å². The van der Waals surface area contributed by atoms with Crippen molar-refractivity contribution < 1.29 is 9.21 Å². The molecule has 0 radical (unpaired) electrons. The number of amides is 1. The molecule has 0 aliphatic carbocycles. The van der Waals surface area contributed by atoms with Crippen molar-refractivity contribution in [3.63, 3.8) is 0 Å². The van der Waals surface area contributed by atoms with Crippen molar-refractivity contribution in [2.45, 2.75) is 19.4 Å². The van der Waals surface area contributed by atoms with E-state index in [0.29, 0.717) is 11.6 Å². The Balaban J connectivity index is 1.71. The van der Waals surface area contributed by atoms with Gasteiger partial charge in [0.2, 0.25) is 5.89 Å². The van der Waals surface area contributed by atoms with E-state index >= 15 is 0 Å². The molecule has 0 unspecified atom stereocenters. The van der Waals surface area contributed by atoms with Gasteiger partial charge in [-0.3, -0.25) is 4.79 Å². The summed E-state index contributed by atoms with van der Waals surface area (Å²) in [4.78, 5) is 21.7. The van der Waals surface area contributed by atoms with E-state index in [0.717, 1.165) is 29.9 Å². The van der Waals surface area contributed by atoms with Crippen LogP contribution in [-0.2, 0) is 0 Å². The Hall–Kier alpha value is -3.08. The van der Waals surface area contributed by atoms with Gasteiger partial charge in [0.1, 0.15) is 6.26 Å². The summed E-state index contributed by atoms with van der Waals surface area (Å²) >= 11 is 0. The van der Waals surface area contributed by atoms with Crippen LogP contribution < -0.4 is 9.80 Å². The van der Waals surface area contributed by atoms with E-state index < -0.39 is 0 Å². The molecule has 0 N–H and O–H groups in total. The fraction of sp³-hybridized carbons (Fsp3) is 0.238. The molecule has 2 heterocycles. The Morgan fingerprint density at radius 1 is 1.08 bits per heavy atom. The predicted molar refractivity (Wildman–Crippen MR) is 103 cm³/mol. The van der Waals surface area contributed by atoms with E-state index in [1.165, 1.54) is 6.26 Å². The lowest BCUT2D eigenvalue weighted by Gasteiger charge is -2.27. The standard InChI is InChI=1S/C21H21N3O2/c1-15-12-13-23(2)18-10-6-7-11-19(18)24(15)21(25)17-14-26-20(22-17)16-8-4-3-5-9-16/h3-11,14-15H,12-13H2,1-2H3/t15-/m0/s1. The SMILES string of the molecule is C[C@H]1CCN(C)c2ccccc2N1C(=O)c1coc(-c2ccccc2)n1. The first-order valence-corrected chi connectivity index (χ1v) is 8.80. The predicted octanol–water partition coefficient (Wildman–Crippen LogP) is 4.22. The molecule has 5 nitrogen and oxygen atoms in total. The number of carbonyl (C=O) groups is 1. The average molecular weight is 347 g/mol. The Labute approximate surface area is 152 Å². The largest absolute Gasteiger partial charge is 0.444 e. The van der Waals surface area contributed by atoms with Crippen molar-refractivity contribution in [2.75, 3.05) is 23.4 Å². The molecule has 1 aliphatic heterocycles. The van der Waals surface area contributed by atoms with Gasteiger partial charge in [-0.25, -0.2) is 4.98 Å². The number of aromatic nitrogens is 1. The lowest BCUT2D eigenvalue weighted by atomic mass is 10.1. The maximum absolute atomic E-state index is 13.3. The average Bonchev–Trinajstić information content (AvgIpc) is 3.13. The fourth-order valence-corrected chi connectivity index (χ4v) is 3.38. The number of anilines is 2. The van der Waals surface area contributed by atoms with E-state index in [1.807, 2.05) is 59.5 Å². The normalized spacial score (nSPS) is 16.9. The van der Waals surface area contributed by atoms with Gasteiger partial charge >= 0.3 is 0 Å². The van der Waals surface area contributed by atoms with Crippen LogP contribution in [0.4, 0.5) is 11.4 Å². The maximum atomic E-state index is 13.3. The molecule has 0 bridgehead atoms. The van der Waals surface area contributed by atoms with Gasteiger partial charge in [-0.1, -0.05) is 30.3 Å². The summed E-state index contributed by atoms with van der Waals surface area (Å²) in [6.07, 6.45) is 2.34. The smallest absolute Gasteiger partial charge is 0.280 e. The molecule has 1 amide bonds. The molecule has 0 saturated heterocycles. The molecule has 0 spiro atoms. The third-order valence-corrected chi connectivity index (χ3v) is 4.84. The maximum Gasteiger partial charge on any atom is 0.280 e. The zero-order chi connectivity index (χ0) is 18.1. The summed E-state index contributed by atoms with van der Waals surface area (Å²) in [6, 6.07) is 17.7. The summed E-state index contributed by atoms with van der Waals surface area (Å²) < 4.78 is 5.57. The molecule has 0 fully saturated rings. The molecular weight excluding hydrogens is 326 g/mol. The van der Waals surface area contributed by atoms with E-state index in [-0.39, 0.29) is 11.9 Å². The van der Waals surface area contributed by atoms with Crippen LogP contribution in [0.2, 0.25) is 0 Å². The fourth-order valence-electron chi connectivity index (χ4n) is 3.38. The first kappa shape index (κ1) is 16.4. The lowest BCUT2D eigenvalue weighted by molar-refractivity contribution is 0.0973. The number of fused-ring (bicyclic) bond motifs is 1. The second kappa shape index (κ2) is 6.67. The van der Waals surface area contributed by atoms with Crippen LogP contribution in [0, 0.1) is 0 Å². The molecule has 26 heavy (non-hydrogen) atoms. The highest BCUT2D eigenvalue weighted by Crippen LogP contribution is 2.34. The molecule has 1 atom stereocenters. The molecule has 2 aromatic carbocycles. The molecule has 132 valence electrons. The van der Waals surface area contributed by atoms with Crippen molar-refractivity contribution in [1.82, 2.24) is 4.98 Å². The number of para-hydroxylation sites is 2. The second-order valence-electron chi connectivity index (χ2n) is 6.63. The minimum atomic E-state index is -0.133. The first-order chi connectivity index (χ1) is 12.6. The number of hydrogen-bond donors (Lipinski definition) is 0. The molecule has 0 saturated carbocycles. The zero-order valence-electron chi connectivity index (χ0n) is 14.9. The molecule has 1 aliphatic rings. The zero-order valence-corrected chi connectivity index (χ0v) is 14.9. The van der Waals surface area contributed by atoms with Gasteiger partial charge < -0.3 is 14.2 Å². The lowest BCUT2D eigenvalue weighted by Crippen LogP contribution is -2.38. The van der Waals surface area contributed by atoms with E-state index in [9.17, 15) is 4.79 Å². The van der Waals surface area contributed by atoms with Crippen molar-refractivity contribution in [3.05, 3.63) is 66.6 Å². The molecule has 5 heteroatoms. The molecule has 1 aromatic heterocycles. The van der Waals surface area contributed by atoms with E-state index in [2.05, 4.69) is 23.9 Å². The highest BCUT2D eigenvalue weighted by molar-refractivity contribution is 6.07. The molecule has 4 rings (SSSR count). The van der Waals surface area contributed by atoms with Gasteiger partial charge in [0.15, 0.2) is 5.69 Å². The van der Waals surface area contributed by atoms with Gasteiger partial charge in [0.25, 0.3) is 5.91 Å². The van der Waals surface area contributed by atoms with Crippen molar-refractivity contribution in [3.8, 4) is 11.5 Å². The molecule has 3 aromatic rings. The van der Waals surface area contributed by atoms with E-state index in [1.54, 1.807) is 0 Å². The second-order valence-corrected chi connectivity index (χ2v) is 6.63. The number of rotatable bonds is 2. The van der Waals surface area contributed by atoms with Crippen LogP contribution in [0.15, 0.2) is 65.3 Å². The Kier molecular flexibility index (Phi) is 4.21. The summed E-state index contributed by atoms with van der Waals surface area (Å²) in [6.45, 7) is 2.97. The van der Waals surface area contributed by atoms with Gasteiger partial charge in [-0.05, 0) is 37.6 Å². The van der Waals surface area contributed by atoms with Crippen LogP contribution in [-0.4, -0.2) is 30.5 Å². The van der Waals surface area contributed by atoms with Gasteiger partial charge in [0.05, 0.1) is 11.4 Å². The summed E-state index contributed by atoms with van der Waals surface area (Å²) in [5, 5.41) is 0. The summed E-state index contributed by atoms with van der Waals surface area (Å²) in [7, 11) is 2.06. The number of oxazole rings is 1. The number of nitrogens with zero attached hydrogens (tertiary/aromatic N) is 3. The Bertz CT molecular complexity index is 920. The van der Waals surface area contributed by atoms with Gasteiger partial charge in [0, 0.05) is 25.2 Å². The molecular formula is C21H21N3O2. The number of benzene rings is 2. The van der Waals surface area contributed by atoms with Crippen molar-refractivity contribution in [2.24, 2.45) is 0 Å². The number of carbonyl (C=O) groups excluding carboxylic acids is 1.